The number of nitrogens with two attached hydrogens (primary N) is 1. The zero-order valence-electron chi connectivity index (χ0n) is 9.12. The monoisotopic (exact) mass is 305 g/mol. The van der Waals surface area contributed by atoms with E-state index in [9.17, 15) is 4.79 Å². The van der Waals surface area contributed by atoms with Crippen molar-refractivity contribution in [2.24, 2.45) is 0 Å². The fourth-order valence-electron chi connectivity index (χ4n) is 1.72. The smallest absolute Gasteiger partial charge is 0.282 e. The summed E-state index contributed by atoms with van der Waals surface area (Å²) in [6, 6.07) is 7.57. The molecule has 0 aliphatic rings. The Hall–Kier alpha value is -2.15. The molecule has 18 heavy (non-hydrogen) atoms. The summed E-state index contributed by atoms with van der Waals surface area (Å²) in [6.45, 7) is 0. The first kappa shape index (κ1) is 11.0. The van der Waals surface area contributed by atoms with Crippen molar-refractivity contribution >= 4 is 27.0 Å². The SMILES string of the molecule is Nn1cnc2c(cnn2-c2cccc(Br)c2)c1=O. The minimum absolute atomic E-state index is 0.318. The van der Waals surface area contributed by atoms with Gasteiger partial charge in [0.1, 0.15) is 11.7 Å². The number of rotatable bonds is 1. The lowest BCUT2D eigenvalue weighted by atomic mass is 10.3. The lowest BCUT2D eigenvalue weighted by Crippen LogP contribution is -2.26. The third-order valence-electron chi connectivity index (χ3n) is 2.57. The summed E-state index contributed by atoms with van der Waals surface area (Å²) in [5.41, 5.74) is 0.988. The molecule has 3 rings (SSSR count). The first-order valence-corrected chi connectivity index (χ1v) is 5.92. The first-order valence-electron chi connectivity index (χ1n) is 5.13. The standard InChI is InChI=1S/C11H8BrN5O/c12-7-2-1-3-8(4-7)17-10-9(5-15-17)11(18)16(13)6-14-10/h1-6H,13H2. The van der Waals surface area contributed by atoms with Gasteiger partial charge < -0.3 is 5.84 Å². The maximum atomic E-state index is 11.8. The van der Waals surface area contributed by atoms with Crippen LogP contribution < -0.4 is 11.4 Å². The van der Waals surface area contributed by atoms with E-state index in [1.54, 1.807) is 4.68 Å². The van der Waals surface area contributed by atoms with Crippen molar-refractivity contribution in [2.45, 2.75) is 0 Å². The van der Waals surface area contributed by atoms with Crippen LogP contribution in [0.15, 0.2) is 46.1 Å². The number of fused-ring (bicyclic) bond motifs is 1. The Bertz CT molecular complexity index is 791. The normalized spacial score (nSPS) is 10.9. The average Bonchev–Trinajstić information content (AvgIpc) is 2.78. The van der Waals surface area contributed by atoms with Gasteiger partial charge in [-0.05, 0) is 18.2 Å². The predicted octanol–water partition coefficient (Wildman–Crippen LogP) is 1.06. The summed E-state index contributed by atoms with van der Waals surface area (Å²) in [4.78, 5) is 15.9. The van der Waals surface area contributed by atoms with Crippen LogP contribution in [-0.4, -0.2) is 19.4 Å². The molecule has 0 saturated heterocycles. The van der Waals surface area contributed by atoms with E-state index in [1.807, 2.05) is 24.3 Å². The number of nitrogen functional groups attached to an aromatic ring is 1. The van der Waals surface area contributed by atoms with Crippen molar-refractivity contribution in [3.05, 3.63) is 51.6 Å². The van der Waals surface area contributed by atoms with E-state index in [0.29, 0.717) is 11.0 Å². The molecule has 2 aromatic heterocycles. The molecule has 1 aromatic carbocycles. The van der Waals surface area contributed by atoms with Gasteiger partial charge in [0.25, 0.3) is 5.56 Å². The van der Waals surface area contributed by atoms with Crippen molar-refractivity contribution in [1.29, 1.82) is 0 Å². The summed E-state index contributed by atoms with van der Waals surface area (Å²) in [5, 5.41) is 4.56. The molecule has 90 valence electrons. The van der Waals surface area contributed by atoms with Gasteiger partial charge >= 0.3 is 0 Å². The first-order chi connectivity index (χ1) is 8.66. The highest BCUT2D eigenvalue weighted by atomic mass is 79.9. The largest absolute Gasteiger partial charge is 0.335 e. The van der Waals surface area contributed by atoms with E-state index in [-0.39, 0.29) is 5.56 Å². The van der Waals surface area contributed by atoms with Crippen molar-refractivity contribution in [3.63, 3.8) is 0 Å². The maximum absolute atomic E-state index is 11.8. The van der Waals surface area contributed by atoms with Gasteiger partial charge in [-0.1, -0.05) is 22.0 Å². The van der Waals surface area contributed by atoms with Gasteiger partial charge in [0.05, 0.1) is 11.9 Å². The van der Waals surface area contributed by atoms with E-state index in [4.69, 9.17) is 5.84 Å². The van der Waals surface area contributed by atoms with Crippen LogP contribution in [0.1, 0.15) is 0 Å². The zero-order chi connectivity index (χ0) is 12.7. The topological polar surface area (TPSA) is 78.7 Å². The van der Waals surface area contributed by atoms with Gasteiger partial charge in [0.2, 0.25) is 0 Å². The van der Waals surface area contributed by atoms with Crippen molar-refractivity contribution in [1.82, 2.24) is 19.4 Å². The second-order valence-corrected chi connectivity index (χ2v) is 4.65. The summed E-state index contributed by atoms with van der Waals surface area (Å²) >= 11 is 3.39. The van der Waals surface area contributed by atoms with Gasteiger partial charge in [-0.25, -0.2) is 14.3 Å². The Morgan fingerprint density at radius 1 is 1.33 bits per heavy atom. The second kappa shape index (κ2) is 3.95. The van der Waals surface area contributed by atoms with E-state index in [2.05, 4.69) is 26.0 Å². The third kappa shape index (κ3) is 1.60. The Morgan fingerprint density at radius 3 is 2.94 bits per heavy atom. The van der Waals surface area contributed by atoms with E-state index < -0.39 is 0 Å². The fraction of sp³-hybridized carbons (Fsp3) is 0. The van der Waals surface area contributed by atoms with Crippen LogP contribution in [-0.2, 0) is 0 Å². The van der Waals surface area contributed by atoms with Gasteiger partial charge in [0.15, 0.2) is 5.65 Å². The molecule has 6 nitrogen and oxygen atoms in total. The summed E-state index contributed by atoms with van der Waals surface area (Å²) in [7, 11) is 0. The Kier molecular flexibility index (Phi) is 2.41. The van der Waals surface area contributed by atoms with Crippen LogP contribution in [0.3, 0.4) is 0 Å². The highest BCUT2D eigenvalue weighted by molar-refractivity contribution is 9.10. The number of benzene rings is 1. The van der Waals surface area contributed by atoms with Gasteiger partial charge in [0, 0.05) is 4.47 Å². The summed E-state index contributed by atoms with van der Waals surface area (Å²) in [5.74, 6) is 5.46. The molecule has 0 spiro atoms. The molecular weight excluding hydrogens is 298 g/mol. The molecule has 2 heterocycles. The minimum Gasteiger partial charge on any atom is -0.335 e. The Morgan fingerprint density at radius 2 is 2.17 bits per heavy atom. The van der Waals surface area contributed by atoms with Crippen LogP contribution in [0.25, 0.3) is 16.7 Å². The molecule has 0 amide bonds. The quantitative estimate of drug-likeness (QED) is 0.682. The van der Waals surface area contributed by atoms with Gasteiger partial charge in [-0.3, -0.25) is 4.79 Å². The zero-order valence-corrected chi connectivity index (χ0v) is 10.7. The van der Waals surface area contributed by atoms with Crippen LogP contribution in [0.5, 0.6) is 0 Å². The van der Waals surface area contributed by atoms with Crippen molar-refractivity contribution < 1.29 is 0 Å². The van der Waals surface area contributed by atoms with E-state index in [0.717, 1.165) is 14.8 Å². The third-order valence-corrected chi connectivity index (χ3v) is 3.06. The van der Waals surface area contributed by atoms with Crippen molar-refractivity contribution in [2.75, 3.05) is 5.84 Å². The maximum Gasteiger partial charge on any atom is 0.282 e. The van der Waals surface area contributed by atoms with Gasteiger partial charge in [-0.15, -0.1) is 0 Å². The molecule has 0 aliphatic heterocycles. The molecule has 2 N–H and O–H groups in total. The Labute approximate surface area is 110 Å². The Balaban J connectivity index is 2.32. The van der Waals surface area contributed by atoms with Crippen LogP contribution >= 0.6 is 15.9 Å². The lowest BCUT2D eigenvalue weighted by Gasteiger charge is -2.03. The predicted molar refractivity (Wildman–Crippen MR) is 71.0 cm³/mol. The molecule has 0 radical (unpaired) electrons. The highest BCUT2D eigenvalue weighted by Gasteiger charge is 2.10. The molecule has 0 bridgehead atoms. The lowest BCUT2D eigenvalue weighted by molar-refractivity contribution is 0.873. The average molecular weight is 306 g/mol. The van der Waals surface area contributed by atoms with Crippen molar-refractivity contribution in [3.8, 4) is 5.69 Å². The van der Waals surface area contributed by atoms with Crippen LogP contribution in [0.4, 0.5) is 0 Å². The van der Waals surface area contributed by atoms with Gasteiger partial charge in [-0.2, -0.15) is 5.10 Å². The molecule has 3 aromatic rings. The van der Waals surface area contributed by atoms with E-state index >= 15 is 0 Å². The minimum atomic E-state index is -0.318. The number of hydrogen-bond acceptors (Lipinski definition) is 4. The molecule has 0 saturated carbocycles. The van der Waals surface area contributed by atoms with Crippen LogP contribution in [0.2, 0.25) is 0 Å². The summed E-state index contributed by atoms with van der Waals surface area (Å²) < 4.78 is 3.47. The molecular formula is C11H8BrN5O. The molecule has 0 fully saturated rings. The number of halogens is 1. The second-order valence-electron chi connectivity index (χ2n) is 3.73. The molecule has 0 unspecified atom stereocenters. The van der Waals surface area contributed by atoms with E-state index in [1.165, 1.54) is 12.5 Å². The molecule has 7 heteroatoms. The summed E-state index contributed by atoms with van der Waals surface area (Å²) in [6.07, 6.45) is 2.75. The fourth-order valence-corrected chi connectivity index (χ4v) is 2.11. The molecule has 0 atom stereocenters. The molecule has 0 aliphatic carbocycles. The number of nitrogens with zero attached hydrogens (tertiary/aromatic N) is 4. The highest BCUT2D eigenvalue weighted by Crippen LogP contribution is 2.17. The number of hydrogen-bond donors (Lipinski definition) is 1. The van der Waals surface area contributed by atoms with Crippen LogP contribution in [0, 0.1) is 0 Å². The number of aromatic nitrogens is 4.